The zero-order valence-electron chi connectivity index (χ0n) is 12.0. The Bertz CT molecular complexity index is 380. The van der Waals surface area contributed by atoms with Gasteiger partial charge in [0.2, 0.25) is 0 Å². The predicted molar refractivity (Wildman–Crippen MR) is 78.9 cm³/mol. The van der Waals surface area contributed by atoms with Crippen molar-refractivity contribution in [2.75, 3.05) is 18.0 Å². The molecule has 0 aliphatic heterocycles. The summed E-state index contributed by atoms with van der Waals surface area (Å²) in [6.07, 6.45) is 5.74. The summed E-state index contributed by atoms with van der Waals surface area (Å²) < 4.78 is 0. The first-order chi connectivity index (χ1) is 8.50. The van der Waals surface area contributed by atoms with Crippen LogP contribution in [0.1, 0.15) is 33.3 Å². The minimum absolute atomic E-state index is 0.0538. The normalized spacial score (nSPS) is 11.3. The topological polar surface area (TPSA) is 28.2 Å². The summed E-state index contributed by atoms with van der Waals surface area (Å²) in [5.41, 5.74) is 2.52. The summed E-state index contributed by atoms with van der Waals surface area (Å²) in [6.45, 7) is 15.3. The summed E-state index contributed by atoms with van der Waals surface area (Å²) in [4.78, 5) is 6.60. The molecule has 1 N–H and O–H groups in total. The Labute approximate surface area is 111 Å². The van der Waals surface area contributed by atoms with Crippen LogP contribution in [0.2, 0.25) is 0 Å². The average molecular weight is 247 g/mol. The number of hydrogen-bond donors (Lipinski definition) is 1. The lowest BCUT2D eigenvalue weighted by atomic mass is 10.0. The van der Waals surface area contributed by atoms with Gasteiger partial charge in [-0.25, -0.2) is 0 Å². The third-order valence-corrected chi connectivity index (χ3v) is 2.87. The largest absolute Gasteiger partial charge is 0.361 e. The zero-order valence-corrected chi connectivity index (χ0v) is 12.0. The van der Waals surface area contributed by atoms with Gasteiger partial charge in [-0.15, -0.1) is 6.58 Å². The Morgan fingerprint density at radius 1 is 1.44 bits per heavy atom. The van der Waals surface area contributed by atoms with Crippen molar-refractivity contribution in [3.63, 3.8) is 0 Å². The average Bonchev–Trinajstić information content (AvgIpc) is 2.32. The lowest BCUT2D eigenvalue weighted by Gasteiger charge is -2.38. The Kier molecular flexibility index (Phi) is 5.35. The van der Waals surface area contributed by atoms with Crippen LogP contribution in [-0.4, -0.2) is 23.6 Å². The molecule has 100 valence electrons. The van der Waals surface area contributed by atoms with E-state index in [9.17, 15) is 0 Å². The highest BCUT2D eigenvalue weighted by Crippen LogP contribution is 2.26. The van der Waals surface area contributed by atoms with Gasteiger partial charge in [0.25, 0.3) is 0 Å². The number of nitrogens with zero attached hydrogens (tertiary/aromatic N) is 2. The summed E-state index contributed by atoms with van der Waals surface area (Å²) >= 11 is 0. The van der Waals surface area contributed by atoms with E-state index in [0.717, 1.165) is 19.6 Å². The summed E-state index contributed by atoms with van der Waals surface area (Å²) in [5, 5.41) is 3.37. The molecule has 1 heterocycles. The second kappa shape index (κ2) is 6.55. The molecule has 1 aromatic heterocycles. The van der Waals surface area contributed by atoms with Gasteiger partial charge in [0.15, 0.2) is 0 Å². The molecule has 0 spiro atoms. The highest BCUT2D eigenvalue weighted by molar-refractivity contribution is 5.54. The molecule has 3 nitrogen and oxygen atoms in total. The monoisotopic (exact) mass is 247 g/mol. The van der Waals surface area contributed by atoms with Crippen LogP contribution in [0.4, 0.5) is 5.69 Å². The van der Waals surface area contributed by atoms with Gasteiger partial charge in [-0.1, -0.05) is 13.0 Å². The molecule has 0 aliphatic carbocycles. The smallest absolute Gasteiger partial charge is 0.0605 e. The van der Waals surface area contributed by atoms with Crippen LogP contribution in [0.25, 0.3) is 0 Å². The van der Waals surface area contributed by atoms with E-state index in [1.807, 2.05) is 18.5 Å². The second-order valence-corrected chi connectivity index (χ2v) is 5.35. The Morgan fingerprint density at radius 2 is 2.17 bits per heavy atom. The SMILES string of the molecule is C=CCN(c1cnccc1CNCC)C(C)(C)C. The maximum atomic E-state index is 4.27. The molecule has 0 amide bonds. The lowest BCUT2D eigenvalue weighted by Crippen LogP contribution is -2.42. The molecule has 0 atom stereocenters. The van der Waals surface area contributed by atoms with Crippen molar-refractivity contribution in [2.24, 2.45) is 0 Å². The number of nitrogens with one attached hydrogen (secondary N) is 1. The molecular formula is C15H25N3. The predicted octanol–water partition coefficient (Wildman–Crippen LogP) is 2.98. The van der Waals surface area contributed by atoms with E-state index in [0.29, 0.717) is 0 Å². The van der Waals surface area contributed by atoms with Gasteiger partial charge in [-0.3, -0.25) is 4.98 Å². The minimum Gasteiger partial charge on any atom is -0.361 e. The summed E-state index contributed by atoms with van der Waals surface area (Å²) in [6, 6.07) is 2.08. The van der Waals surface area contributed by atoms with Gasteiger partial charge in [0, 0.05) is 24.8 Å². The van der Waals surface area contributed by atoms with Gasteiger partial charge >= 0.3 is 0 Å². The number of rotatable bonds is 6. The van der Waals surface area contributed by atoms with Crippen LogP contribution in [0, 0.1) is 0 Å². The van der Waals surface area contributed by atoms with Crippen molar-refractivity contribution in [1.82, 2.24) is 10.3 Å². The Morgan fingerprint density at radius 3 is 2.72 bits per heavy atom. The van der Waals surface area contributed by atoms with E-state index in [2.05, 4.69) is 55.5 Å². The summed E-state index contributed by atoms with van der Waals surface area (Å²) in [5.74, 6) is 0. The van der Waals surface area contributed by atoms with Crippen LogP contribution in [-0.2, 0) is 6.54 Å². The molecule has 0 bridgehead atoms. The van der Waals surface area contributed by atoms with Crippen molar-refractivity contribution in [2.45, 2.75) is 39.8 Å². The van der Waals surface area contributed by atoms with E-state index < -0.39 is 0 Å². The van der Waals surface area contributed by atoms with E-state index in [4.69, 9.17) is 0 Å². The molecule has 0 unspecified atom stereocenters. The van der Waals surface area contributed by atoms with Crippen molar-refractivity contribution in [3.05, 3.63) is 36.7 Å². The minimum atomic E-state index is 0.0538. The first-order valence-electron chi connectivity index (χ1n) is 6.52. The fourth-order valence-corrected chi connectivity index (χ4v) is 1.93. The molecule has 0 aliphatic rings. The third kappa shape index (κ3) is 3.84. The maximum absolute atomic E-state index is 4.27. The van der Waals surface area contributed by atoms with Gasteiger partial charge in [-0.2, -0.15) is 0 Å². The van der Waals surface area contributed by atoms with Gasteiger partial charge in [-0.05, 0) is 38.9 Å². The number of anilines is 1. The van der Waals surface area contributed by atoms with Crippen LogP contribution in [0.15, 0.2) is 31.1 Å². The molecule has 0 aromatic carbocycles. The Hall–Kier alpha value is -1.35. The van der Waals surface area contributed by atoms with Crippen LogP contribution >= 0.6 is 0 Å². The molecule has 1 rings (SSSR count). The molecule has 18 heavy (non-hydrogen) atoms. The lowest BCUT2D eigenvalue weighted by molar-refractivity contribution is 0.519. The van der Waals surface area contributed by atoms with Gasteiger partial charge in [0.1, 0.15) is 0 Å². The second-order valence-electron chi connectivity index (χ2n) is 5.35. The molecule has 0 radical (unpaired) electrons. The van der Waals surface area contributed by atoms with Crippen molar-refractivity contribution >= 4 is 5.69 Å². The van der Waals surface area contributed by atoms with Crippen molar-refractivity contribution in [3.8, 4) is 0 Å². The molecule has 0 saturated heterocycles. The fourth-order valence-electron chi connectivity index (χ4n) is 1.93. The molecule has 0 fully saturated rings. The van der Waals surface area contributed by atoms with Crippen LogP contribution < -0.4 is 10.2 Å². The fraction of sp³-hybridized carbons (Fsp3) is 0.533. The van der Waals surface area contributed by atoms with Gasteiger partial charge < -0.3 is 10.2 Å². The molecule has 3 heteroatoms. The first kappa shape index (κ1) is 14.7. The van der Waals surface area contributed by atoms with E-state index in [1.54, 1.807) is 0 Å². The van der Waals surface area contributed by atoms with Crippen molar-refractivity contribution in [1.29, 1.82) is 0 Å². The van der Waals surface area contributed by atoms with Crippen LogP contribution in [0.3, 0.4) is 0 Å². The van der Waals surface area contributed by atoms with Gasteiger partial charge in [0.05, 0.1) is 11.9 Å². The Balaban J connectivity index is 3.07. The quantitative estimate of drug-likeness (QED) is 0.783. The van der Waals surface area contributed by atoms with E-state index >= 15 is 0 Å². The van der Waals surface area contributed by atoms with Crippen LogP contribution in [0.5, 0.6) is 0 Å². The molecule has 0 saturated carbocycles. The standard InChI is InChI=1S/C15H25N3/c1-6-10-18(15(3,4)5)14-12-17-9-8-13(14)11-16-7-2/h6,8-9,12,16H,1,7,10-11H2,2-5H3. The first-order valence-corrected chi connectivity index (χ1v) is 6.52. The molecule has 1 aromatic rings. The van der Waals surface area contributed by atoms with Crippen molar-refractivity contribution < 1.29 is 0 Å². The van der Waals surface area contributed by atoms with E-state index in [1.165, 1.54) is 11.3 Å². The van der Waals surface area contributed by atoms with E-state index in [-0.39, 0.29) is 5.54 Å². The molecular weight excluding hydrogens is 222 g/mol. The highest BCUT2D eigenvalue weighted by Gasteiger charge is 2.22. The number of pyridine rings is 1. The summed E-state index contributed by atoms with van der Waals surface area (Å²) in [7, 11) is 0. The zero-order chi connectivity index (χ0) is 13.6. The number of aromatic nitrogens is 1. The number of hydrogen-bond acceptors (Lipinski definition) is 3. The third-order valence-electron chi connectivity index (χ3n) is 2.87. The maximum Gasteiger partial charge on any atom is 0.0605 e. The highest BCUT2D eigenvalue weighted by atomic mass is 15.2.